The molecule has 1 N–H and O–H groups in total. The average molecular weight is 279 g/mol. The molecule has 0 bridgehead atoms. The van der Waals surface area contributed by atoms with E-state index in [9.17, 15) is 0 Å². The molecule has 0 aliphatic heterocycles. The lowest BCUT2D eigenvalue weighted by Gasteiger charge is -2.30. The molecular formula is C20H25N. The first-order valence-corrected chi connectivity index (χ1v) is 8.19. The highest BCUT2D eigenvalue weighted by atomic mass is 14.9. The Morgan fingerprint density at radius 2 is 1.43 bits per heavy atom. The van der Waals surface area contributed by atoms with Crippen molar-refractivity contribution in [1.29, 1.82) is 0 Å². The fourth-order valence-corrected chi connectivity index (χ4v) is 3.62. The van der Waals surface area contributed by atoms with Gasteiger partial charge in [-0.05, 0) is 36.9 Å². The molecule has 0 atom stereocenters. The average Bonchev–Trinajstić information content (AvgIpc) is 3.04. The second-order valence-corrected chi connectivity index (χ2v) is 6.27. The first-order valence-electron chi connectivity index (χ1n) is 8.19. The van der Waals surface area contributed by atoms with Crippen molar-refractivity contribution in [2.75, 3.05) is 13.1 Å². The monoisotopic (exact) mass is 279 g/mol. The van der Waals surface area contributed by atoms with Gasteiger partial charge in [-0.1, -0.05) is 73.5 Å². The highest BCUT2D eigenvalue weighted by molar-refractivity contribution is 5.27. The Morgan fingerprint density at radius 1 is 0.810 bits per heavy atom. The van der Waals surface area contributed by atoms with Gasteiger partial charge in [-0.15, -0.1) is 0 Å². The SMILES string of the molecule is c1ccc(CCNCC2(c3ccccc3)CCCC2)cc1. The van der Waals surface area contributed by atoms with Crippen LogP contribution in [0.15, 0.2) is 60.7 Å². The smallest absolute Gasteiger partial charge is 0.00777 e. The van der Waals surface area contributed by atoms with Gasteiger partial charge in [0.2, 0.25) is 0 Å². The lowest BCUT2D eigenvalue weighted by Crippen LogP contribution is -2.36. The zero-order valence-corrected chi connectivity index (χ0v) is 12.7. The van der Waals surface area contributed by atoms with Gasteiger partial charge in [0.1, 0.15) is 0 Å². The first kappa shape index (κ1) is 14.3. The minimum Gasteiger partial charge on any atom is -0.316 e. The van der Waals surface area contributed by atoms with Gasteiger partial charge in [0.05, 0.1) is 0 Å². The highest BCUT2D eigenvalue weighted by Gasteiger charge is 2.34. The summed E-state index contributed by atoms with van der Waals surface area (Å²) in [7, 11) is 0. The van der Waals surface area contributed by atoms with Crippen molar-refractivity contribution < 1.29 is 0 Å². The zero-order chi connectivity index (χ0) is 14.4. The Bertz CT molecular complexity index is 526. The predicted octanol–water partition coefficient (Wildman–Crippen LogP) is 4.33. The largest absolute Gasteiger partial charge is 0.316 e. The minimum atomic E-state index is 0.373. The number of nitrogens with one attached hydrogen (secondary N) is 1. The van der Waals surface area contributed by atoms with E-state index in [1.165, 1.54) is 36.8 Å². The number of benzene rings is 2. The van der Waals surface area contributed by atoms with E-state index in [1.807, 2.05) is 0 Å². The fourth-order valence-electron chi connectivity index (χ4n) is 3.62. The van der Waals surface area contributed by atoms with Crippen LogP contribution in [0.2, 0.25) is 0 Å². The van der Waals surface area contributed by atoms with Crippen molar-refractivity contribution in [1.82, 2.24) is 5.32 Å². The van der Waals surface area contributed by atoms with Gasteiger partial charge in [0.25, 0.3) is 0 Å². The molecule has 1 fully saturated rings. The van der Waals surface area contributed by atoms with E-state index in [0.29, 0.717) is 5.41 Å². The van der Waals surface area contributed by atoms with Gasteiger partial charge in [-0.3, -0.25) is 0 Å². The summed E-state index contributed by atoms with van der Waals surface area (Å²) in [6.45, 7) is 2.18. The summed E-state index contributed by atoms with van der Waals surface area (Å²) < 4.78 is 0. The van der Waals surface area contributed by atoms with Crippen LogP contribution in [0.5, 0.6) is 0 Å². The third-order valence-electron chi connectivity index (χ3n) is 4.84. The molecule has 1 aliphatic carbocycles. The second-order valence-electron chi connectivity index (χ2n) is 6.27. The topological polar surface area (TPSA) is 12.0 Å². The molecule has 0 unspecified atom stereocenters. The van der Waals surface area contributed by atoms with Crippen LogP contribution in [0.25, 0.3) is 0 Å². The standard InChI is InChI=1S/C20H25N/c1-3-9-18(10-4-1)13-16-21-17-20(14-7-8-15-20)19-11-5-2-6-12-19/h1-6,9-12,21H,7-8,13-17H2. The summed E-state index contributed by atoms with van der Waals surface area (Å²) in [6, 6.07) is 21.9. The summed E-state index contributed by atoms with van der Waals surface area (Å²) >= 11 is 0. The lowest BCUT2D eigenvalue weighted by molar-refractivity contribution is 0.406. The van der Waals surface area contributed by atoms with Gasteiger partial charge in [-0.25, -0.2) is 0 Å². The Hall–Kier alpha value is -1.60. The Kier molecular flexibility index (Phi) is 4.72. The van der Waals surface area contributed by atoms with Crippen molar-refractivity contribution in [3.63, 3.8) is 0 Å². The fraction of sp³-hybridized carbons (Fsp3) is 0.400. The van der Waals surface area contributed by atoms with E-state index in [1.54, 1.807) is 0 Å². The molecule has 1 heteroatoms. The molecule has 0 radical (unpaired) electrons. The molecule has 1 aliphatic rings. The Morgan fingerprint density at radius 3 is 2.10 bits per heavy atom. The summed E-state index contributed by atoms with van der Waals surface area (Å²) in [5.74, 6) is 0. The molecular weight excluding hydrogens is 254 g/mol. The van der Waals surface area contributed by atoms with Crippen LogP contribution in [0.3, 0.4) is 0 Å². The van der Waals surface area contributed by atoms with Crippen molar-refractivity contribution >= 4 is 0 Å². The number of hydrogen-bond acceptors (Lipinski definition) is 1. The van der Waals surface area contributed by atoms with E-state index in [2.05, 4.69) is 66.0 Å². The number of rotatable bonds is 6. The molecule has 2 aromatic rings. The number of hydrogen-bond donors (Lipinski definition) is 1. The molecule has 2 aromatic carbocycles. The Balaban J connectivity index is 1.57. The van der Waals surface area contributed by atoms with Gasteiger partial charge in [-0.2, -0.15) is 0 Å². The van der Waals surface area contributed by atoms with Crippen LogP contribution in [0.1, 0.15) is 36.8 Å². The molecule has 0 saturated heterocycles. The van der Waals surface area contributed by atoms with E-state index in [-0.39, 0.29) is 0 Å². The summed E-state index contributed by atoms with van der Waals surface area (Å²) in [5.41, 5.74) is 3.32. The molecule has 21 heavy (non-hydrogen) atoms. The normalized spacial score (nSPS) is 17.0. The molecule has 0 spiro atoms. The lowest BCUT2D eigenvalue weighted by atomic mass is 9.79. The molecule has 3 rings (SSSR count). The molecule has 0 aromatic heterocycles. The summed E-state index contributed by atoms with van der Waals surface area (Å²) in [4.78, 5) is 0. The molecule has 1 saturated carbocycles. The molecule has 0 amide bonds. The maximum absolute atomic E-state index is 3.72. The van der Waals surface area contributed by atoms with Gasteiger partial charge < -0.3 is 5.32 Å². The van der Waals surface area contributed by atoms with E-state index < -0.39 is 0 Å². The predicted molar refractivity (Wildman–Crippen MR) is 89.6 cm³/mol. The van der Waals surface area contributed by atoms with Gasteiger partial charge in [0, 0.05) is 12.0 Å². The first-order chi connectivity index (χ1) is 10.4. The van der Waals surface area contributed by atoms with Crippen molar-refractivity contribution in [3.8, 4) is 0 Å². The van der Waals surface area contributed by atoms with E-state index in [0.717, 1.165) is 19.5 Å². The van der Waals surface area contributed by atoms with Crippen molar-refractivity contribution in [2.24, 2.45) is 0 Å². The zero-order valence-electron chi connectivity index (χ0n) is 12.7. The van der Waals surface area contributed by atoms with Crippen LogP contribution < -0.4 is 5.32 Å². The van der Waals surface area contributed by atoms with Crippen molar-refractivity contribution in [3.05, 3.63) is 71.8 Å². The minimum absolute atomic E-state index is 0.373. The second kappa shape index (κ2) is 6.91. The van der Waals surface area contributed by atoms with Crippen LogP contribution in [0, 0.1) is 0 Å². The quantitative estimate of drug-likeness (QED) is 0.776. The van der Waals surface area contributed by atoms with Crippen LogP contribution in [-0.4, -0.2) is 13.1 Å². The third kappa shape index (κ3) is 3.54. The molecule has 1 nitrogen and oxygen atoms in total. The van der Waals surface area contributed by atoms with Crippen LogP contribution in [-0.2, 0) is 11.8 Å². The molecule has 110 valence electrons. The summed E-state index contributed by atoms with van der Waals surface area (Å²) in [5, 5.41) is 3.72. The Labute approximate surface area is 128 Å². The van der Waals surface area contributed by atoms with Gasteiger partial charge >= 0.3 is 0 Å². The van der Waals surface area contributed by atoms with Crippen LogP contribution >= 0.6 is 0 Å². The van der Waals surface area contributed by atoms with Crippen LogP contribution in [0.4, 0.5) is 0 Å². The maximum Gasteiger partial charge on any atom is 0.00777 e. The molecule has 0 heterocycles. The maximum atomic E-state index is 3.72. The third-order valence-corrected chi connectivity index (χ3v) is 4.84. The summed E-state index contributed by atoms with van der Waals surface area (Å²) in [6.07, 6.45) is 6.51. The van der Waals surface area contributed by atoms with E-state index in [4.69, 9.17) is 0 Å². The van der Waals surface area contributed by atoms with Gasteiger partial charge in [0.15, 0.2) is 0 Å². The van der Waals surface area contributed by atoms with Crippen molar-refractivity contribution in [2.45, 2.75) is 37.5 Å². The van der Waals surface area contributed by atoms with E-state index >= 15 is 0 Å². The highest BCUT2D eigenvalue weighted by Crippen LogP contribution is 2.40.